The number of carbonyl (C=O) groups is 1. The highest BCUT2D eigenvalue weighted by atomic mass is 16.5. The molecule has 8 nitrogen and oxygen atoms in total. The van der Waals surface area contributed by atoms with E-state index in [9.17, 15) is 4.79 Å². The van der Waals surface area contributed by atoms with Gasteiger partial charge in [0.2, 0.25) is 0 Å². The molecule has 3 rings (SSSR count). The Labute approximate surface area is 169 Å². The topological polar surface area (TPSA) is 94.9 Å². The van der Waals surface area contributed by atoms with Gasteiger partial charge in [-0.3, -0.25) is 10.6 Å². The molecule has 8 heteroatoms. The number of hydrogen-bond donors (Lipinski definition) is 4. The Balaban J connectivity index is 1.42. The minimum Gasteiger partial charge on any atom is -0.347 e. The van der Waals surface area contributed by atoms with Crippen molar-refractivity contribution in [2.75, 3.05) is 26.2 Å². The van der Waals surface area contributed by atoms with Crippen molar-refractivity contribution in [1.82, 2.24) is 25.8 Å². The average molecular weight is 397 g/mol. The Morgan fingerprint density at radius 1 is 1.14 bits per heavy atom. The van der Waals surface area contributed by atoms with Gasteiger partial charge in [-0.05, 0) is 58.7 Å². The molecular weight excluding hydrogens is 356 g/mol. The predicted octanol–water partition coefficient (Wildman–Crippen LogP) is 1.33. The maximum absolute atomic E-state index is 12.5. The number of fused-ring (bicyclic) bond motifs is 1. The van der Waals surface area contributed by atoms with Crippen LogP contribution in [0.25, 0.3) is 0 Å². The van der Waals surface area contributed by atoms with Gasteiger partial charge < -0.3 is 25.6 Å². The summed E-state index contributed by atoms with van der Waals surface area (Å²) in [5.74, 6) is 0. The molecule has 0 aromatic rings. The van der Waals surface area contributed by atoms with Gasteiger partial charge in [0.25, 0.3) is 0 Å². The summed E-state index contributed by atoms with van der Waals surface area (Å²) in [6, 6.07) is -0.166. The molecule has 0 aromatic heterocycles. The number of unbranched alkanes of at least 4 members (excludes halogenated alkanes) is 2. The zero-order valence-electron chi connectivity index (χ0n) is 17.7. The van der Waals surface area contributed by atoms with Crippen molar-refractivity contribution in [3.8, 4) is 0 Å². The molecule has 3 saturated heterocycles. The van der Waals surface area contributed by atoms with Crippen molar-refractivity contribution < 1.29 is 9.53 Å². The molecule has 0 spiro atoms. The standard InChI is InChI=1S/C20H40N6O2/c1-3-10-15(2)28-19-23-17(21)16-18(24-19)26(20(27)22-16)14-9-5-8-13-25-11-6-4-7-12-25/h15-19,23-24H,3-14,21H2,1-2H3,(H,22,27)/t15-,16?,17?,18?,19?/m0/s1. The second-order valence-electron chi connectivity index (χ2n) is 8.55. The van der Waals surface area contributed by atoms with E-state index in [4.69, 9.17) is 10.5 Å². The Kier molecular flexibility index (Phi) is 8.35. The van der Waals surface area contributed by atoms with Crippen molar-refractivity contribution >= 4 is 6.03 Å². The third-order valence-corrected chi connectivity index (χ3v) is 6.17. The van der Waals surface area contributed by atoms with Gasteiger partial charge in [-0.2, -0.15) is 0 Å². The Morgan fingerprint density at radius 2 is 1.89 bits per heavy atom. The van der Waals surface area contributed by atoms with E-state index in [1.807, 2.05) is 4.90 Å². The molecule has 2 amide bonds. The molecule has 0 bridgehead atoms. The van der Waals surface area contributed by atoms with Gasteiger partial charge in [-0.1, -0.05) is 26.2 Å². The molecule has 0 radical (unpaired) electrons. The van der Waals surface area contributed by atoms with Crippen molar-refractivity contribution in [3.63, 3.8) is 0 Å². The van der Waals surface area contributed by atoms with Gasteiger partial charge in [-0.25, -0.2) is 4.79 Å². The number of nitrogens with zero attached hydrogens (tertiary/aromatic N) is 2. The molecule has 162 valence electrons. The lowest BCUT2D eigenvalue weighted by Gasteiger charge is -2.41. The number of nitrogens with one attached hydrogen (secondary N) is 3. The molecule has 5 atom stereocenters. The van der Waals surface area contributed by atoms with Crippen molar-refractivity contribution in [3.05, 3.63) is 0 Å². The molecular formula is C20H40N6O2. The summed E-state index contributed by atoms with van der Waals surface area (Å²) in [4.78, 5) is 16.9. The smallest absolute Gasteiger partial charge is 0.319 e. The lowest BCUT2D eigenvalue weighted by atomic mass is 10.1. The first-order chi connectivity index (χ1) is 13.6. The summed E-state index contributed by atoms with van der Waals surface area (Å²) < 4.78 is 6.03. The van der Waals surface area contributed by atoms with E-state index in [1.165, 1.54) is 45.3 Å². The maximum atomic E-state index is 12.5. The first-order valence-electron chi connectivity index (χ1n) is 11.3. The quantitative estimate of drug-likeness (QED) is 0.416. The zero-order valence-corrected chi connectivity index (χ0v) is 17.7. The van der Waals surface area contributed by atoms with E-state index in [2.05, 4.69) is 34.7 Å². The first-order valence-corrected chi connectivity index (χ1v) is 11.3. The third-order valence-electron chi connectivity index (χ3n) is 6.17. The number of nitrogens with two attached hydrogens (primary N) is 1. The van der Waals surface area contributed by atoms with Gasteiger partial charge in [0.1, 0.15) is 6.17 Å². The van der Waals surface area contributed by atoms with E-state index >= 15 is 0 Å². The molecule has 3 aliphatic rings. The van der Waals surface area contributed by atoms with Gasteiger partial charge in [0.05, 0.1) is 18.3 Å². The van der Waals surface area contributed by atoms with Crippen LogP contribution in [0.3, 0.4) is 0 Å². The van der Waals surface area contributed by atoms with E-state index < -0.39 is 0 Å². The van der Waals surface area contributed by atoms with Crippen LogP contribution in [0.1, 0.15) is 65.2 Å². The van der Waals surface area contributed by atoms with Crippen LogP contribution < -0.4 is 21.7 Å². The van der Waals surface area contributed by atoms with Crippen molar-refractivity contribution in [1.29, 1.82) is 0 Å². The van der Waals surface area contributed by atoms with Crippen LogP contribution in [0.4, 0.5) is 4.79 Å². The van der Waals surface area contributed by atoms with Crippen LogP contribution in [0.15, 0.2) is 0 Å². The van der Waals surface area contributed by atoms with Gasteiger partial charge in [0, 0.05) is 6.54 Å². The van der Waals surface area contributed by atoms with Crippen molar-refractivity contribution in [2.24, 2.45) is 5.73 Å². The number of amides is 2. The van der Waals surface area contributed by atoms with Crippen LogP contribution in [0, 0.1) is 0 Å². The molecule has 4 unspecified atom stereocenters. The van der Waals surface area contributed by atoms with Crippen LogP contribution in [-0.4, -0.2) is 72.8 Å². The molecule has 0 aromatic carbocycles. The van der Waals surface area contributed by atoms with E-state index in [0.717, 1.165) is 32.2 Å². The van der Waals surface area contributed by atoms with Crippen molar-refractivity contribution in [2.45, 2.75) is 96.0 Å². The fourth-order valence-corrected chi connectivity index (χ4v) is 4.59. The average Bonchev–Trinajstić information content (AvgIpc) is 2.99. The Morgan fingerprint density at radius 3 is 2.64 bits per heavy atom. The lowest BCUT2D eigenvalue weighted by Crippen LogP contribution is -2.72. The first kappa shape index (κ1) is 21.8. The summed E-state index contributed by atoms with van der Waals surface area (Å²) >= 11 is 0. The number of likely N-dealkylation sites (tertiary alicyclic amines) is 1. The molecule has 3 fully saturated rings. The molecule has 3 heterocycles. The molecule has 5 N–H and O–H groups in total. The summed E-state index contributed by atoms with van der Waals surface area (Å²) in [6.07, 6.45) is 8.90. The third kappa shape index (κ3) is 5.79. The Bertz CT molecular complexity index is 487. The Hall–Kier alpha value is -0.930. The number of urea groups is 1. The van der Waals surface area contributed by atoms with Gasteiger partial charge in [-0.15, -0.1) is 0 Å². The maximum Gasteiger partial charge on any atom is 0.319 e. The lowest BCUT2D eigenvalue weighted by molar-refractivity contribution is -0.0828. The zero-order chi connectivity index (χ0) is 19.9. The number of carbonyl (C=O) groups excluding carboxylic acids is 1. The highest BCUT2D eigenvalue weighted by Gasteiger charge is 2.46. The van der Waals surface area contributed by atoms with E-state index in [0.29, 0.717) is 0 Å². The van der Waals surface area contributed by atoms with Gasteiger partial charge in [0.15, 0.2) is 6.35 Å². The normalized spacial score (nSPS) is 32.2. The number of rotatable bonds is 10. The number of ether oxygens (including phenoxy) is 1. The largest absolute Gasteiger partial charge is 0.347 e. The minimum absolute atomic E-state index is 0.0296. The summed E-state index contributed by atoms with van der Waals surface area (Å²) in [5.41, 5.74) is 6.27. The second-order valence-corrected chi connectivity index (χ2v) is 8.55. The van der Waals surface area contributed by atoms with Crippen LogP contribution >= 0.6 is 0 Å². The second kappa shape index (κ2) is 10.7. The summed E-state index contributed by atoms with van der Waals surface area (Å²) in [6.45, 7) is 8.68. The van der Waals surface area contributed by atoms with Crippen LogP contribution in [0.2, 0.25) is 0 Å². The highest BCUT2D eigenvalue weighted by molar-refractivity contribution is 5.77. The molecule has 0 aliphatic carbocycles. The number of hydrogen-bond acceptors (Lipinski definition) is 6. The molecule has 3 aliphatic heterocycles. The van der Waals surface area contributed by atoms with Gasteiger partial charge >= 0.3 is 6.03 Å². The molecule has 0 saturated carbocycles. The van der Waals surface area contributed by atoms with E-state index in [1.54, 1.807) is 0 Å². The monoisotopic (exact) mass is 396 g/mol. The summed E-state index contributed by atoms with van der Waals surface area (Å²) in [5, 5.41) is 9.68. The van der Waals surface area contributed by atoms with Crippen LogP contribution in [0.5, 0.6) is 0 Å². The minimum atomic E-state index is -0.327. The fourth-order valence-electron chi connectivity index (χ4n) is 4.59. The highest BCUT2D eigenvalue weighted by Crippen LogP contribution is 2.19. The fraction of sp³-hybridized carbons (Fsp3) is 0.950. The molecule has 28 heavy (non-hydrogen) atoms. The number of piperidine rings is 1. The SMILES string of the molecule is CCC[C@H](C)OC1NC(N)C2NC(=O)N(CCCCCN3CCCCC3)C2N1. The predicted molar refractivity (Wildman–Crippen MR) is 110 cm³/mol. The van der Waals surface area contributed by atoms with E-state index in [-0.39, 0.29) is 36.9 Å². The summed E-state index contributed by atoms with van der Waals surface area (Å²) in [7, 11) is 0. The van der Waals surface area contributed by atoms with Crippen LogP contribution in [-0.2, 0) is 4.74 Å².